The maximum absolute atomic E-state index is 11.5. The summed E-state index contributed by atoms with van der Waals surface area (Å²) in [6.45, 7) is 2.88. The average Bonchev–Trinajstić information content (AvgIpc) is 2.31. The van der Waals surface area contributed by atoms with Gasteiger partial charge in [0.2, 0.25) is 0 Å². The Hall–Kier alpha value is -1.23. The molecule has 0 radical (unpaired) electrons. The summed E-state index contributed by atoms with van der Waals surface area (Å²) in [7, 11) is 3.38. The fourth-order valence-electron chi connectivity index (χ4n) is 1.38. The molecule has 0 saturated heterocycles. The number of nitrogens with zero attached hydrogens (tertiary/aromatic N) is 2. The molecule has 0 aliphatic heterocycles. The van der Waals surface area contributed by atoms with Gasteiger partial charge in [-0.15, -0.1) is 0 Å². The second kappa shape index (κ2) is 3.66. The molecule has 1 aromatic heterocycles. The molecule has 0 atom stereocenters. The fraction of sp³-hybridized carbons (Fsp3) is 0.625. The van der Waals surface area contributed by atoms with E-state index >= 15 is 0 Å². The standard InChI is InChI=1S/C8H15N3O2/c1-4-11-8(12)7(9)6(5-13-3)10(11)2/h4-5,9H2,1-3H3. The molecular formula is C8H15N3O2. The van der Waals surface area contributed by atoms with Crippen LogP contribution in [0.25, 0.3) is 0 Å². The first-order valence-corrected chi connectivity index (χ1v) is 4.16. The monoisotopic (exact) mass is 185 g/mol. The Kier molecular flexibility index (Phi) is 2.77. The van der Waals surface area contributed by atoms with E-state index in [1.54, 1.807) is 23.5 Å². The van der Waals surface area contributed by atoms with Crippen LogP contribution in [0.4, 0.5) is 5.69 Å². The van der Waals surface area contributed by atoms with Crippen molar-refractivity contribution in [2.45, 2.75) is 20.1 Å². The Morgan fingerprint density at radius 3 is 2.54 bits per heavy atom. The first-order valence-electron chi connectivity index (χ1n) is 4.16. The van der Waals surface area contributed by atoms with Crippen molar-refractivity contribution in [1.29, 1.82) is 0 Å². The van der Waals surface area contributed by atoms with Gasteiger partial charge in [0, 0.05) is 20.7 Å². The predicted octanol–water partition coefficient (Wildman–Crippen LogP) is -0.0647. The van der Waals surface area contributed by atoms with Crippen molar-refractivity contribution >= 4 is 5.69 Å². The Bertz CT molecular complexity index is 351. The third kappa shape index (κ3) is 1.47. The van der Waals surface area contributed by atoms with Gasteiger partial charge < -0.3 is 10.5 Å². The minimum Gasteiger partial charge on any atom is -0.393 e. The minimum absolute atomic E-state index is 0.142. The van der Waals surface area contributed by atoms with Gasteiger partial charge in [0.05, 0.1) is 12.3 Å². The second-order valence-corrected chi connectivity index (χ2v) is 2.84. The number of anilines is 1. The number of methoxy groups -OCH3 is 1. The highest BCUT2D eigenvalue weighted by molar-refractivity contribution is 5.41. The molecule has 0 amide bonds. The van der Waals surface area contributed by atoms with Crippen molar-refractivity contribution < 1.29 is 4.74 Å². The molecule has 0 spiro atoms. The largest absolute Gasteiger partial charge is 0.393 e. The SMILES string of the molecule is CCn1c(=O)c(N)c(COC)n1C. The van der Waals surface area contributed by atoms with Gasteiger partial charge in [-0.1, -0.05) is 0 Å². The first kappa shape index (κ1) is 9.85. The third-order valence-electron chi connectivity index (χ3n) is 2.11. The average molecular weight is 185 g/mol. The molecule has 13 heavy (non-hydrogen) atoms. The number of hydrogen-bond acceptors (Lipinski definition) is 3. The van der Waals surface area contributed by atoms with E-state index in [0.717, 1.165) is 5.69 Å². The molecule has 0 unspecified atom stereocenters. The molecular weight excluding hydrogens is 170 g/mol. The predicted molar refractivity (Wildman–Crippen MR) is 50.5 cm³/mol. The normalized spacial score (nSPS) is 10.7. The van der Waals surface area contributed by atoms with Crippen molar-refractivity contribution in [3.05, 3.63) is 16.0 Å². The quantitative estimate of drug-likeness (QED) is 0.717. The van der Waals surface area contributed by atoms with Gasteiger partial charge in [-0.3, -0.25) is 9.48 Å². The molecule has 74 valence electrons. The molecule has 2 N–H and O–H groups in total. The van der Waals surface area contributed by atoms with E-state index in [1.807, 2.05) is 6.92 Å². The summed E-state index contributed by atoms with van der Waals surface area (Å²) in [4.78, 5) is 11.5. The lowest BCUT2D eigenvalue weighted by Gasteiger charge is -2.06. The lowest BCUT2D eigenvalue weighted by molar-refractivity contribution is 0.176. The highest BCUT2D eigenvalue weighted by Gasteiger charge is 2.13. The van der Waals surface area contributed by atoms with Crippen molar-refractivity contribution in [2.75, 3.05) is 12.8 Å². The number of nitrogen functional groups attached to an aromatic ring is 1. The third-order valence-corrected chi connectivity index (χ3v) is 2.11. The zero-order valence-corrected chi connectivity index (χ0v) is 8.20. The summed E-state index contributed by atoms with van der Waals surface area (Å²) >= 11 is 0. The number of nitrogens with two attached hydrogens (primary N) is 1. The van der Waals surface area contributed by atoms with Gasteiger partial charge in [0.15, 0.2) is 0 Å². The molecule has 0 fully saturated rings. The van der Waals surface area contributed by atoms with E-state index in [2.05, 4.69) is 0 Å². The highest BCUT2D eigenvalue weighted by atomic mass is 16.5. The maximum atomic E-state index is 11.5. The Morgan fingerprint density at radius 2 is 2.15 bits per heavy atom. The van der Waals surface area contributed by atoms with Crippen LogP contribution >= 0.6 is 0 Å². The van der Waals surface area contributed by atoms with Crippen LogP contribution in [0.3, 0.4) is 0 Å². The Labute approximate surface area is 76.7 Å². The van der Waals surface area contributed by atoms with Crippen molar-refractivity contribution in [3.63, 3.8) is 0 Å². The van der Waals surface area contributed by atoms with Crippen molar-refractivity contribution in [1.82, 2.24) is 9.36 Å². The summed E-state index contributed by atoms with van der Waals surface area (Å²) in [5.74, 6) is 0. The van der Waals surface area contributed by atoms with Crippen LogP contribution in [0.2, 0.25) is 0 Å². The van der Waals surface area contributed by atoms with Crippen LogP contribution in [0.5, 0.6) is 0 Å². The molecule has 0 aliphatic rings. The van der Waals surface area contributed by atoms with E-state index in [0.29, 0.717) is 13.2 Å². The number of ether oxygens (including phenoxy) is 1. The zero-order valence-electron chi connectivity index (χ0n) is 8.20. The molecule has 1 rings (SSSR count). The smallest absolute Gasteiger partial charge is 0.290 e. The number of rotatable bonds is 3. The van der Waals surface area contributed by atoms with Crippen LogP contribution in [-0.4, -0.2) is 16.5 Å². The topological polar surface area (TPSA) is 62.2 Å². The summed E-state index contributed by atoms with van der Waals surface area (Å²) in [6, 6.07) is 0. The van der Waals surface area contributed by atoms with E-state index in [4.69, 9.17) is 10.5 Å². The van der Waals surface area contributed by atoms with Gasteiger partial charge in [0.25, 0.3) is 5.56 Å². The number of aromatic nitrogens is 2. The highest BCUT2D eigenvalue weighted by Crippen LogP contribution is 2.07. The maximum Gasteiger partial charge on any atom is 0.290 e. The lowest BCUT2D eigenvalue weighted by Crippen LogP contribution is -2.21. The summed E-state index contributed by atoms with van der Waals surface area (Å²) < 4.78 is 8.26. The molecule has 0 aliphatic carbocycles. The fourth-order valence-corrected chi connectivity index (χ4v) is 1.38. The summed E-state index contributed by atoms with van der Waals surface area (Å²) in [5, 5.41) is 0. The molecule has 1 heterocycles. The molecule has 0 aromatic carbocycles. The number of hydrogen-bond donors (Lipinski definition) is 1. The van der Waals surface area contributed by atoms with E-state index in [1.165, 1.54) is 0 Å². The molecule has 0 bridgehead atoms. The molecule has 5 heteroatoms. The summed E-state index contributed by atoms with van der Waals surface area (Å²) in [5.41, 5.74) is 6.50. The van der Waals surface area contributed by atoms with Gasteiger partial charge in [-0.05, 0) is 6.92 Å². The van der Waals surface area contributed by atoms with Crippen LogP contribution in [0.15, 0.2) is 4.79 Å². The Morgan fingerprint density at radius 1 is 1.54 bits per heavy atom. The first-order chi connectivity index (χ1) is 6.13. The van der Waals surface area contributed by atoms with Crippen molar-refractivity contribution in [3.8, 4) is 0 Å². The lowest BCUT2D eigenvalue weighted by atomic mass is 10.4. The van der Waals surface area contributed by atoms with Crippen LogP contribution < -0.4 is 11.3 Å². The second-order valence-electron chi connectivity index (χ2n) is 2.84. The van der Waals surface area contributed by atoms with Gasteiger partial charge in [-0.2, -0.15) is 0 Å². The zero-order chi connectivity index (χ0) is 10.0. The van der Waals surface area contributed by atoms with Crippen LogP contribution in [-0.2, 0) is 24.9 Å². The Balaban J connectivity index is 3.28. The van der Waals surface area contributed by atoms with Gasteiger partial charge in [-0.25, -0.2) is 4.68 Å². The van der Waals surface area contributed by atoms with E-state index in [-0.39, 0.29) is 11.2 Å². The molecule has 5 nitrogen and oxygen atoms in total. The van der Waals surface area contributed by atoms with Crippen LogP contribution in [0.1, 0.15) is 12.6 Å². The van der Waals surface area contributed by atoms with Gasteiger partial charge >= 0.3 is 0 Å². The minimum atomic E-state index is -0.142. The van der Waals surface area contributed by atoms with Crippen LogP contribution in [0, 0.1) is 0 Å². The van der Waals surface area contributed by atoms with E-state index < -0.39 is 0 Å². The van der Waals surface area contributed by atoms with E-state index in [9.17, 15) is 4.79 Å². The van der Waals surface area contributed by atoms with Gasteiger partial charge in [0.1, 0.15) is 5.69 Å². The molecule has 0 saturated carbocycles. The summed E-state index contributed by atoms with van der Waals surface area (Å²) in [6.07, 6.45) is 0. The molecule has 1 aromatic rings. The van der Waals surface area contributed by atoms with Crippen molar-refractivity contribution in [2.24, 2.45) is 7.05 Å².